The zero-order chi connectivity index (χ0) is 22.0. The fourth-order valence-corrected chi connectivity index (χ4v) is 3.12. The Morgan fingerprint density at radius 2 is 1.61 bits per heavy atom. The van der Waals surface area contributed by atoms with Gasteiger partial charge in [0.05, 0.1) is 25.2 Å². The Kier molecular flexibility index (Phi) is 5.41. The predicted octanol–water partition coefficient (Wildman–Crippen LogP) is 4.84. The summed E-state index contributed by atoms with van der Waals surface area (Å²) in [7, 11) is 2.98. The normalized spacial score (nSPS) is 10.7. The molecule has 0 radical (unpaired) electrons. The van der Waals surface area contributed by atoms with Crippen molar-refractivity contribution in [3.8, 4) is 28.6 Å². The Morgan fingerprint density at radius 3 is 2.32 bits per heavy atom. The molecule has 0 bridgehead atoms. The number of carbonyl (C=O) groups is 1. The van der Waals surface area contributed by atoms with Crippen molar-refractivity contribution in [2.45, 2.75) is 0 Å². The van der Waals surface area contributed by atoms with E-state index in [1.807, 2.05) is 0 Å². The van der Waals surface area contributed by atoms with Crippen LogP contribution in [0.25, 0.3) is 22.3 Å². The Bertz CT molecular complexity index is 1320. The first-order valence-electron chi connectivity index (χ1n) is 9.28. The number of ether oxygens (including phenoxy) is 3. The molecular weight excluding hydrogens is 403 g/mol. The van der Waals surface area contributed by atoms with Gasteiger partial charge in [-0.25, -0.2) is 9.18 Å². The average Bonchev–Trinajstić information content (AvgIpc) is 2.80. The molecule has 0 unspecified atom stereocenters. The number of benzene rings is 3. The zero-order valence-corrected chi connectivity index (χ0v) is 16.7. The standard InChI is InChI=1S/C24H17FO6/c1-28-19-12-9-15(13-20(19)29-2)22-23(21(26)17-5-3-4-6-18(17)30-22)31-24(27)14-7-10-16(25)11-8-14/h3-13H,1-2H3. The second-order valence-corrected chi connectivity index (χ2v) is 6.55. The van der Waals surface area contributed by atoms with Gasteiger partial charge in [-0.15, -0.1) is 0 Å². The van der Waals surface area contributed by atoms with Gasteiger partial charge in [0.15, 0.2) is 17.3 Å². The summed E-state index contributed by atoms with van der Waals surface area (Å²) in [6.07, 6.45) is 0. The Hall–Kier alpha value is -4.13. The molecule has 156 valence electrons. The summed E-state index contributed by atoms with van der Waals surface area (Å²) in [5.41, 5.74) is 0.357. The van der Waals surface area contributed by atoms with Crippen LogP contribution in [-0.4, -0.2) is 20.2 Å². The average molecular weight is 420 g/mol. The third kappa shape index (κ3) is 3.85. The van der Waals surface area contributed by atoms with E-state index in [-0.39, 0.29) is 22.5 Å². The van der Waals surface area contributed by atoms with Gasteiger partial charge >= 0.3 is 5.97 Å². The number of methoxy groups -OCH3 is 2. The third-order valence-electron chi connectivity index (χ3n) is 4.68. The molecule has 4 aromatic rings. The molecule has 4 rings (SSSR count). The fourth-order valence-electron chi connectivity index (χ4n) is 3.12. The van der Waals surface area contributed by atoms with Crippen LogP contribution in [0.1, 0.15) is 10.4 Å². The van der Waals surface area contributed by atoms with Crippen molar-refractivity contribution < 1.29 is 27.8 Å². The largest absolute Gasteiger partial charge is 0.493 e. The maximum Gasteiger partial charge on any atom is 0.343 e. The van der Waals surface area contributed by atoms with Crippen molar-refractivity contribution in [3.05, 3.63) is 88.3 Å². The van der Waals surface area contributed by atoms with Gasteiger partial charge in [0.1, 0.15) is 11.4 Å². The first kappa shape index (κ1) is 20.2. The van der Waals surface area contributed by atoms with E-state index in [2.05, 4.69) is 0 Å². The minimum atomic E-state index is -0.815. The lowest BCUT2D eigenvalue weighted by Gasteiger charge is -2.13. The molecule has 0 fully saturated rings. The molecule has 31 heavy (non-hydrogen) atoms. The van der Waals surface area contributed by atoms with E-state index in [9.17, 15) is 14.0 Å². The van der Waals surface area contributed by atoms with Gasteiger partial charge < -0.3 is 18.6 Å². The first-order chi connectivity index (χ1) is 15.0. The summed E-state index contributed by atoms with van der Waals surface area (Å²) in [4.78, 5) is 25.8. The molecule has 1 aromatic heterocycles. The first-order valence-corrected chi connectivity index (χ1v) is 9.28. The van der Waals surface area contributed by atoms with Crippen molar-refractivity contribution in [1.29, 1.82) is 0 Å². The summed E-state index contributed by atoms with van der Waals surface area (Å²) in [5, 5.41) is 0.258. The van der Waals surface area contributed by atoms with Gasteiger partial charge in [-0.2, -0.15) is 0 Å². The van der Waals surface area contributed by atoms with E-state index < -0.39 is 17.2 Å². The minimum absolute atomic E-state index is 0.0557. The van der Waals surface area contributed by atoms with Crippen molar-refractivity contribution in [1.82, 2.24) is 0 Å². The van der Waals surface area contributed by atoms with E-state index in [4.69, 9.17) is 18.6 Å². The van der Waals surface area contributed by atoms with Crippen LogP contribution >= 0.6 is 0 Å². The highest BCUT2D eigenvalue weighted by molar-refractivity contribution is 5.93. The van der Waals surface area contributed by atoms with Crippen LogP contribution in [0.4, 0.5) is 4.39 Å². The molecule has 3 aromatic carbocycles. The summed E-state index contributed by atoms with van der Waals surface area (Å²) in [5.74, 6) is -0.636. The fraction of sp³-hybridized carbons (Fsp3) is 0.0833. The third-order valence-corrected chi connectivity index (χ3v) is 4.68. The molecule has 6 nitrogen and oxygen atoms in total. The quantitative estimate of drug-likeness (QED) is 0.430. The molecule has 0 aliphatic heterocycles. The van der Waals surface area contributed by atoms with E-state index in [0.29, 0.717) is 22.6 Å². The smallest absolute Gasteiger partial charge is 0.343 e. The lowest BCUT2D eigenvalue weighted by Crippen LogP contribution is -2.16. The van der Waals surface area contributed by atoms with Gasteiger partial charge in [-0.05, 0) is 54.6 Å². The molecule has 1 heterocycles. The van der Waals surface area contributed by atoms with Crippen molar-refractivity contribution >= 4 is 16.9 Å². The molecule has 0 N–H and O–H groups in total. The van der Waals surface area contributed by atoms with Crippen molar-refractivity contribution in [2.75, 3.05) is 14.2 Å². The van der Waals surface area contributed by atoms with Crippen molar-refractivity contribution in [2.24, 2.45) is 0 Å². The number of rotatable bonds is 5. The highest BCUT2D eigenvalue weighted by atomic mass is 19.1. The van der Waals surface area contributed by atoms with Crippen LogP contribution in [0.5, 0.6) is 17.2 Å². The summed E-state index contributed by atoms with van der Waals surface area (Å²) in [6, 6.07) is 16.4. The summed E-state index contributed by atoms with van der Waals surface area (Å²) < 4.78 is 35.2. The molecule has 7 heteroatoms. The summed E-state index contributed by atoms with van der Waals surface area (Å²) >= 11 is 0. The number of carbonyl (C=O) groups excluding carboxylic acids is 1. The highest BCUT2D eigenvalue weighted by Gasteiger charge is 2.22. The Morgan fingerprint density at radius 1 is 0.903 bits per heavy atom. The van der Waals surface area contributed by atoms with E-state index >= 15 is 0 Å². The van der Waals surface area contributed by atoms with Crippen LogP contribution in [0.3, 0.4) is 0 Å². The molecule has 0 atom stereocenters. The SMILES string of the molecule is COc1ccc(-c2oc3ccccc3c(=O)c2OC(=O)c2ccc(F)cc2)cc1OC. The van der Waals surface area contributed by atoms with Gasteiger partial charge in [0, 0.05) is 5.56 Å². The van der Waals surface area contributed by atoms with Crippen LogP contribution in [0.15, 0.2) is 75.9 Å². The van der Waals surface area contributed by atoms with E-state index in [0.717, 1.165) is 12.1 Å². The monoisotopic (exact) mass is 420 g/mol. The Labute approximate surface area is 176 Å². The molecule has 0 saturated carbocycles. The van der Waals surface area contributed by atoms with Crippen molar-refractivity contribution in [3.63, 3.8) is 0 Å². The minimum Gasteiger partial charge on any atom is -0.493 e. The molecule has 0 aliphatic carbocycles. The van der Waals surface area contributed by atoms with E-state index in [1.54, 1.807) is 42.5 Å². The Balaban J connectivity index is 1.89. The van der Waals surface area contributed by atoms with Crippen LogP contribution in [-0.2, 0) is 0 Å². The topological polar surface area (TPSA) is 75.0 Å². The number of hydrogen-bond donors (Lipinski definition) is 0. The maximum atomic E-state index is 13.2. The second kappa shape index (κ2) is 8.31. The zero-order valence-electron chi connectivity index (χ0n) is 16.7. The van der Waals surface area contributed by atoms with Crippen LogP contribution in [0.2, 0.25) is 0 Å². The van der Waals surface area contributed by atoms with Crippen LogP contribution < -0.4 is 19.6 Å². The lowest BCUT2D eigenvalue weighted by molar-refractivity contribution is 0.0731. The van der Waals surface area contributed by atoms with Crippen LogP contribution in [0, 0.1) is 5.82 Å². The van der Waals surface area contributed by atoms with E-state index in [1.165, 1.54) is 26.4 Å². The second-order valence-electron chi connectivity index (χ2n) is 6.55. The maximum absolute atomic E-state index is 13.2. The number of para-hydroxylation sites is 1. The number of hydrogen-bond acceptors (Lipinski definition) is 6. The van der Waals surface area contributed by atoms with Gasteiger partial charge in [0.2, 0.25) is 11.2 Å². The number of esters is 1. The predicted molar refractivity (Wildman–Crippen MR) is 112 cm³/mol. The lowest BCUT2D eigenvalue weighted by atomic mass is 10.1. The molecular formula is C24H17FO6. The van der Waals surface area contributed by atoms with Gasteiger partial charge in [0.25, 0.3) is 0 Å². The molecule has 0 amide bonds. The molecule has 0 aliphatic rings. The number of halogens is 1. The number of fused-ring (bicyclic) bond motifs is 1. The molecule has 0 spiro atoms. The highest BCUT2D eigenvalue weighted by Crippen LogP contribution is 2.36. The van der Waals surface area contributed by atoms with Gasteiger partial charge in [-0.3, -0.25) is 4.79 Å². The summed E-state index contributed by atoms with van der Waals surface area (Å²) in [6.45, 7) is 0. The molecule has 0 saturated heterocycles. The van der Waals surface area contributed by atoms with Gasteiger partial charge in [-0.1, -0.05) is 12.1 Å².